The van der Waals surface area contributed by atoms with Crippen LogP contribution in [0.2, 0.25) is 5.02 Å². The molecule has 0 spiro atoms. The zero-order chi connectivity index (χ0) is 12.5. The van der Waals surface area contributed by atoms with Crippen LogP contribution in [-0.4, -0.2) is 29.1 Å². The van der Waals surface area contributed by atoms with Crippen LogP contribution in [0.15, 0.2) is 24.3 Å². The van der Waals surface area contributed by atoms with Crippen molar-refractivity contribution in [3.8, 4) is 0 Å². The molecule has 2 heterocycles. The van der Waals surface area contributed by atoms with Crippen LogP contribution >= 0.6 is 11.6 Å². The van der Waals surface area contributed by atoms with E-state index in [1.165, 1.54) is 16.6 Å². The van der Waals surface area contributed by atoms with Gasteiger partial charge in [0, 0.05) is 41.3 Å². The second kappa shape index (κ2) is 4.92. The smallest absolute Gasteiger partial charge is 0.0484 e. The van der Waals surface area contributed by atoms with Crippen molar-refractivity contribution in [2.45, 2.75) is 19.5 Å². The molecule has 1 aromatic carbocycles. The first-order chi connectivity index (χ1) is 8.78. The highest BCUT2D eigenvalue weighted by molar-refractivity contribution is 6.31. The molecule has 0 bridgehead atoms. The van der Waals surface area contributed by atoms with Gasteiger partial charge in [0.05, 0.1) is 0 Å². The molecule has 1 aliphatic rings. The first-order valence-electron chi connectivity index (χ1n) is 6.48. The third kappa shape index (κ3) is 2.14. The molecule has 96 valence electrons. The largest absolute Gasteiger partial charge is 0.342 e. The Morgan fingerprint density at radius 2 is 2.11 bits per heavy atom. The SMILES string of the molecule is NCCCN1CCn2c(cc3cc(Cl)ccc32)C1. The van der Waals surface area contributed by atoms with Gasteiger partial charge in [0.25, 0.3) is 0 Å². The van der Waals surface area contributed by atoms with Crippen molar-refractivity contribution in [3.63, 3.8) is 0 Å². The minimum atomic E-state index is 0.773. The normalized spacial score (nSPS) is 16.1. The molecular weight excluding hydrogens is 246 g/mol. The molecule has 2 N–H and O–H groups in total. The maximum atomic E-state index is 6.05. The molecule has 0 fully saturated rings. The molecule has 3 rings (SSSR count). The zero-order valence-electron chi connectivity index (χ0n) is 10.4. The van der Waals surface area contributed by atoms with Gasteiger partial charge in [-0.15, -0.1) is 0 Å². The van der Waals surface area contributed by atoms with Gasteiger partial charge in [-0.1, -0.05) is 11.6 Å². The molecule has 0 amide bonds. The highest BCUT2D eigenvalue weighted by Gasteiger charge is 2.17. The Balaban J connectivity index is 1.90. The van der Waals surface area contributed by atoms with Crippen LogP contribution in [0.25, 0.3) is 10.9 Å². The number of nitrogens with two attached hydrogens (primary N) is 1. The van der Waals surface area contributed by atoms with Gasteiger partial charge in [-0.3, -0.25) is 4.90 Å². The predicted octanol–water partition coefficient (Wildman–Crippen LogP) is 2.46. The summed E-state index contributed by atoms with van der Waals surface area (Å²) in [7, 11) is 0. The van der Waals surface area contributed by atoms with E-state index in [9.17, 15) is 0 Å². The molecule has 0 aliphatic carbocycles. The van der Waals surface area contributed by atoms with Gasteiger partial charge in [0.2, 0.25) is 0 Å². The summed E-state index contributed by atoms with van der Waals surface area (Å²) in [6.07, 6.45) is 1.08. The molecule has 1 aromatic heterocycles. The number of hydrogen-bond donors (Lipinski definition) is 1. The minimum absolute atomic E-state index is 0.773. The van der Waals surface area contributed by atoms with Crippen molar-refractivity contribution < 1.29 is 0 Å². The number of benzene rings is 1. The first-order valence-corrected chi connectivity index (χ1v) is 6.86. The lowest BCUT2D eigenvalue weighted by atomic mass is 10.2. The van der Waals surface area contributed by atoms with Crippen molar-refractivity contribution in [2.75, 3.05) is 19.6 Å². The number of hydrogen-bond acceptors (Lipinski definition) is 2. The third-order valence-electron chi connectivity index (χ3n) is 3.65. The van der Waals surface area contributed by atoms with Crippen LogP contribution < -0.4 is 5.73 Å². The fourth-order valence-corrected chi connectivity index (χ4v) is 2.93. The monoisotopic (exact) mass is 263 g/mol. The van der Waals surface area contributed by atoms with Crippen LogP contribution in [0, 0.1) is 0 Å². The lowest BCUT2D eigenvalue weighted by molar-refractivity contribution is 0.222. The Bertz CT molecular complexity index is 561. The average Bonchev–Trinajstić information content (AvgIpc) is 2.72. The number of aromatic nitrogens is 1. The van der Waals surface area contributed by atoms with Gasteiger partial charge in [0.1, 0.15) is 0 Å². The molecule has 0 radical (unpaired) electrons. The van der Waals surface area contributed by atoms with E-state index >= 15 is 0 Å². The van der Waals surface area contributed by atoms with Crippen molar-refractivity contribution in [1.82, 2.24) is 9.47 Å². The fourth-order valence-electron chi connectivity index (χ4n) is 2.75. The number of halogens is 1. The number of nitrogens with zero attached hydrogens (tertiary/aromatic N) is 2. The molecule has 0 unspecified atom stereocenters. The molecule has 4 heteroatoms. The topological polar surface area (TPSA) is 34.2 Å². The summed E-state index contributed by atoms with van der Waals surface area (Å²) < 4.78 is 2.41. The van der Waals surface area contributed by atoms with Crippen LogP contribution in [-0.2, 0) is 13.1 Å². The van der Waals surface area contributed by atoms with E-state index in [2.05, 4.69) is 21.6 Å². The average molecular weight is 264 g/mol. The molecule has 1 aliphatic heterocycles. The van der Waals surface area contributed by atoms with Gasteiger partial charge >= 0.3 is 0 Å². The lowest BCUT2D eigenvalue weighted by Crippen LogP contribution is -2.34. The molecule has 18 heavy (non-hydrogen) atoms. The van der Waals surface area contributed by atoms with Crippen molar-refractivity contribution in [3.05, 3.63) is 35.0 Å². The molecule has 3 nitrogen and oxygen atoms in total. The molecule has 0 saturated carbocycles. The summed E-state index contributed by atoms with van der Waals surface area (Å²) in [4.78, 5) is 2.47. The van der Waals surface area contributed by atoms with Crippen LogP contribution in [0.4, 0.5) is 0 Å². The Hall–Kier alpha value is -1.03. The third-order valence-corrected chi connectivity index (χ3v) is 3.89. The highest BCUT2D eigenvalue weighted by Crippen LogP contribution is 2.26. The molecular formula is C14H18ClN3. The van der Waals surface area contributed by atoms with E-state index in [4.69, 9.17) is 17.3 Å². The van der Waals surface area contributed by atoms with E-state index in [1.807, 2.05) is 12.1 Å². The van der Waals surface area contributed by atoms with Gasteiger partial charge in [0.15, 0.2) is 0 Å². The first kappa shape index (κ1) is 12.0. The van der Waals surface area contributed by atoms with Crippen molar-refractivity contribution in [2.24, 2.45) is 5.73 Å². The maximum absolute atomic E-state index is 6.05. The Morgan fingerprint density at radius 3 is 2.94 bits per heavy atom. The molecule has 0 saturated heterocycles. The second-order valence-corrected chi connectivity index (χ2v) is 5.35. The van der Waals surface area contributed by atoms with Crippen molar-refractivity contribution >= 4 is 22.5 Å². The Kier molecular flexibility index (Phi) is 3.29. The van der Waals surface area contributed by atoms with Crippen LogP contribution in [0.5, 0.6) is 0 Å². The number of rotatable bonds is 3. The Morgan fingerprint density at radius 1 is 1.22 bits per heavy atom. The van der Waals surface area contributed by atoms with E-state index in [0.29, 0.717) is 0 Å². The summed E-state index contributed by atoms with van der Waals surface area (Å²) in [6.45, 7) is 5.06. The molecule has 0 atom stereocenters. The van der Waals surface area contributed by atoms with Gasteiger partial charge < -0.3 is 10.3 Å². The van der Waals surface area contributed by atoms with Crippen LogP contribution in [0.1, 0.15) is 12.1 Å². The quantitative estimate of drug-likeness (QED) is 0.923. The fraction of sp³-hybridized carbons (Fsp3) is 0.429. The highest BCUT2D eigenvalue weighted by atomic mass is 35.5. The second-order valence-electron chi connectivity index (χ2n) is 4.91. The summed E-state index contributed by atoms with van der Waals surface area (Å²) in [5, 5.41) is 2.06. The van der Waals surface area contributed by atoms with Crippen molar-refractivity contribution in [1.29, 1.82) is 0 Å². The van der Waals surface area contributed by atoms with E-state index in [1.54, 1.807) is 0 Å². The van der Waals surface area contributed by atoms with E-state index in [-0.39, 0.29) is 0 Å². The summed E-state index contributed by atoms with van der Waals surface area (Å²) >= 11 is 6.05. The summed E-state index contributed by atoms with van der Waals surface area (Å²) in [5.74, 6) is 0. The van der Waals surface area contributed by atoms with E-state index < -0.39 is 0 Å². The minimum Gasteiger partial charge on any atom is -0.342 e. The van der Waals surface area contributed by atoms with E-state index in [0.717, 1.165) is 44.2 Å². The Labute approximate surface area is 112 Å². The predicted molar refractivity (Wildman–Crippen MR) is 75.9 cm³/mol. The van der Waals surface area contributed by atoms with Gasteiger partial charge in [-0.25, -0.2) is 0 Å². The molecule has 2 aromatic rings. The summed E-state index contributed by atoms with van der Waals surface area (Å²) in [5.41, 5.74) is 8.26. The number of fused-ring (bicyclic) bond motifs is 3. The van der Waals surface area contributed by atoms with Crippen LogP contribution in [0.3, 0.4) is 0 Å². The summed E-state index contributed by atoms with van der Waals surface area (Å²) in [6, 6.07) is 8.40. The maximum Gasteiger partial charge on any atom is 0.0484 e. The van der Waals surface area contributed by atoms with Gasteiger partial charge in [-0.05, 0) is 43.8 Å². The zero-order valence-corrected chi connectivity index (χ0v) is 11.2. The standard InChI is InChI=1S/C14H18ClN3/c15-12-2-3-14-11(8-12)9-13-10-17(5-1-4-16)6-7-18(13)14/h2-3,8-9H,1,4-7,10,16H2. The lowest BCUT2D eigenvalue weighted by Gasteiger charge is -2.28. The van der Waals surface area contributed by atoms with Gasteiger partial charge in [-0.2, -0.15) is 0 Å².